The maximum atomic E-state index is 13.6. The maximum absolute atomic E-state index is 13.6. The summed E-state index contributed by atoms with van der Waals surface area (Å²) in [4.78, 5) is 12.1. The van der Waals surface area contributed by atoms with E-state index < -0.39 is 37.5 Å². The molecule has 6 atom stereocenters. The number of nitrogens with zero attached hydrogens (tertiary/aromatic N) is 4. The number of fused-ring (bicyclic) bond motifs is 1. The molecule has 12 nitrogen and oxygen atoms in total. The van der Waals surface area contributed by atoms with Crippen molar-refractivity contribution in [2.45, 2.75) is 36.8 Å². The quantitative estimate of drug-likeness (QED) is 0.355. The second-order valence-corrected chi connectivity index (χ2v) is 11.2. The second-order valence-electron chi connectivity index (χ2n) is 8.27. The third-order valence-electron chi connectivity index (χ3n) is 5.85. The maximum Gasteiger partial charge on any atom is 0.410 e. The SMILES string of the molecule is C[C@@]1(O)[C@H](O)[C@@H](C(O)P2(=O)OCC=C(c3cc(Cl)cc(Cl)c3)O2)O[C@H]1n1cnc2c(N)ncnc21. The number of ether oxygens (including phenoxy) is 1. The van der Waals surface area contributed by atoms with Crippen LogP contribution in [0.1, 0.15) is 18.7 Å². The third kappa shape index (κ3) is 4.09. The van der Waals surface area contributed by atoms with E-state index in [0.29, 0.717) is 15.6 Å². The number of halogens is 2. The first kappa shape index (κ1) is 24.4. The second kappa shape index (κ2) is 8.68. The van der Waals surface area contributed by atoms with Gasteiger partial charge in [-0.25, -0.2) is 19.5 Å². The molecule has 2 aliphatic heterocycles. The molecule has 35 heavy (non-hydrogen) atoms. The van der Waals surface area contributed by atoms with Crippen LogP contribution in [0.3, 0.4) is 0 Å². The fraction of sp³-hybridized carbons (Fsp3) is 0.350. The number of benzene rings is 1. The molecular weight excluding hydrogens is 524 g/mol. The highest BCUT2D eigenvalue weighted by Gasteiger charge is 2.60. The van der Waals surface area contributed by atoms with Gasteiger partial charge in [0, 0.05) is 15.6 Å². The molecule has 3 aromatic rings. The molecular formula is C20H20Cl2N5O7P. The number of nitrogen functional groups attached to an aromatic ring is 1. The molecule has 0 aliphatic carbocycles. The molecule has 0 bridgehead atoms. The Balaban J connectivity index is 1.44. The van der Waals surface area contributed by atoms with Crippen molar-refractivity contribution in [1.82, 2.24) is 19.5 Å². The predicted molar refractivity (Wildman–Crippen MR) is 125 cm³/mol. The molecule has 1 aromatic carbocycles. The minimum absolute atomic E-state index is 0.109. The van der Waals surface area contributed by atoms with Crippen molar-refractivity contribution in [3.05, 3.63) is 52.5 Å². The molecule has 5 rings (SSSR count). The van der Waals surface area contributed by atoms with Crippen LogP contribution in [0.5, 0.6) is 0 Å². The predicted octanol–water partition coefficient (Wildman–Crippen LogP) is 2.32. The van der Waals surface area contributed by atoms with E-state index in [1.165, 1.54) is 36.3 Å². The Hall–Kier alpha value is -2.28. The Kier molecular flexibility index (Phi) is 6.06. The molecule has 4 heterocycles. The first-order chi connectivity index (χ1) is 16.5. The van der Waals surface area contributed by atoms with Gasteiger partial charge in [0.2, 0.25) is 0 Å². The zero-order valence-electron chi connectivity index (χ0n) is 18.0. The van der Waals surface area contributed by atoms with E-state index in [1.54, 1.807) is 12.1 Å². The number of aliphatic hydroxyl groups is 3. The van der Waals surface area contributed by atoms with Gasteiger partial charge < -0.3 is 30.3 Å². The molecule has 186 valence electrons. The lowest BCUT2D eigenvalue weighted by Gasteiger charge is -2.31. The lowest BCUT2D eigenvalue weighted by Crippen LogP contribution is -2.46. The van der Waals surface area contributed by atoms with Crippen LogP contribution in [-0.4, -0.2) is 65.1 Å². The van der Waals surface area contributed by atoms with Crippen LogP contribution >= 0.6 is 30.8 Å². The van der Waals surface area contributed by atoms with Crippen molar-refractivity contribution in [3.8, 4) is 0 Å². The lowest BCUT2D eigenvalue weighted by molar-refractivity contribution is -0.0968. The lowest BCUT2D eigenvalue weighted by atomic mass is 9.96. The van der Waals surface area contributed by atoms with Crippen LogP contribution in [0.2, 0.25) is 10.0 Å². The van der Waals surface area contributed by atoms with E-state index >= 15 is 0 Å². The van der Waals surface area contributed by atoms with Gasteiger partial charge in [-0.15, -0.1) is 0 Å². The van der Waals surface area contributed by atoms with Gasteiger partial charge in [-0.2, -0.15) is 0 Å². The van der Waals surface area contributed by atoms with Crippen LogP contribution in [-0.2, 0) is 18.3 Å². The smallest absolute Gasteiger partial charge is 0.410 e. The van der Waals surface area contributed by atoms with E-state index in [0.717, 1.165) is 0 Å². The summed E-state index contributed by atoms with van der Waals surface area (Å²) in [6.07, 6.45) is -0.547. The molecule has 1 saturated heterocycles. The molecule has 2 unspecified atom stereocenters. The minimum atomic E-state index is -4.32. The van der Waals surface area contributed by atoms with E-state index in [2.05, 4.69) is 15.0 Å². The van der Waals surface area contributed by atoms with Crippen molar-refractivity contribution < 1.29 is 33.7 Å². The van der Waals surface area contributed by atoms with Gasteiger partial charge >= 0.3 is 7.60 Å². The van der Waals surface area contributed by atoms with Crippen molar-refractivity contribution in [3.63, 3.8) is 0 Å². The Morgan fingerprint density at radius 2 is 1.97 bits per heavy atom. The molecule has 5 N–H and O–H groups in total. The highest BCUT2D eigenvalue weighted by Crippen LogP contribution is 2.60. The van der Waals surface area contributed by atoms with Crippen LogP contribution < -0.4 is 5.73 Å². The molecule has 1 fully saturated rings. The van der Waals surface area contributed by atoms with E-state index in [4.69, 9.17) is 42.7 Å². The van der Waals surface area contributed by atoms with Crippen molar-refractivity contribution in [1.29, 1.82) is 0 Å². The van der Waals surface area contributed by atoms with E-state index in [-0.39, 0.29) is 29.3 Å². The number of hydrogen-bond donors (Lipinski definition) is 4. The number of hydrogen-bond acceptors (Lipinski definition) is 11. The summed E-state index contributed by atoms with van der Waals surface area (Å²) in [5.74, 6) is -1.74. The third-order valence-corrected chi connectivity index (χ3v) is 8.19. The Morgan fingerprint density at radius 3 is 2.69 bits per heavy atom. The van der Waals surface area contributed by atoms with Gasteiger partial charge in [0.25, 0.3) is 0 Å². The summed E-state index contributed by atoms with van der Waals surface area (Å²) in [6, 6.07) is 4.60. The van der Waals surface area contributed by atoms with Crippen molar-refractivity contribution in [2.24, 2.45) is 0 Å². The summed E-state index contributed by atoms with van der Waals surface area (Å²) in [6.45, 7) is 1.13. The molecule has 0 radical (unpaired) electrons. The first-order valence-corrected chi connectivity index (χ1v) is 12.7. The van der Waals surface area contributed by atoms with Crippen LogP contribution in [0.15, 0.2) is 36.9 Å². The van der Waals surface area contributed by atoms with Gasteiger partial charge in [-0.05, 0) is 31.2 Å². The largest absolute Gasteiger partial charge is 0.422 e. The zero-order chi connectivity index (χ0) is 25.1. The number of aromatic nitrogens is 4. The number of anilines is 1. The summed E-state index contributed by atoms with van der Waals surface area (Å²) in [5.41, 5.74) is 4.75. The topological polar surface area (TPSA) is 175 Å². The van der Waals surface area contributed by atoms with E-state index in [1.807, 2.05) is 0 Å². The fourth-order valence-electron chi connectivity index (χ4n) is 4.06. The van der Waals surface area contributed by atoms with Gasteiger partial charge in [-0.1, -0.05) is 23.2 Å². The number of nitrogens with two attached hydrogens (primary N) is 1. The number of rotatable bonds is 4. The number of imidazole rings is 1. The van der Waals surface area contributed by atoms with Crippen LogP contribution in [0, 0.1) is 0 Å². The fourth-order valence-corrected chi connectivity index (χ4v) is 6.23. The first-order valence-electron chi connectivity index (χ1n) is 10.3. The average Bonchev–Trinajstić information content (AvgIpc) is 3.32. The van der Waals surface area contributed by atoms with Crippen LogP contribution in [0.25, 0.3) is 16.9 Å². The Labute approximate surface area is 208 Å². The summed E-state index contributed by atoms with van der Waals surface area (Å²) in [7, 11) is -4.32. The molecule has 15 heteroatoms. The van der Waals surface area contributed by atoms with Gasteiger partial charge in [0.15, 0.2) is 23.5 Å². The summed E-state index contributed by atoms with van der Waals surface area (Å²) in [5, 5.41) is 33.6. The highest BCUT2D eigenvalue weighted by atomic mass is 35.5. The van der Waals surface area contributed by atoms with Crippen molar-refractivity contribution >= 4 is 53.5 Å². The average molecular weight is 544 g/mol. The standard InChI is InChI=1S/C20H20Cl2N5O7P/c1-20(30)15(28)14(33-19(20)27-8-26-13-16(23)24-7-25-17(13)27)18(29)35(31)32-3-2-12(34-35)9-4-10(21)6-11(22)5-9/h2,4-8,14-15,18-19,28-30H,3H2,1H3,(H2,23,24,25)/t14-,15+,18?,19+,20+,35?/m0/s1. The van der Waals surface area contributed by atoms with E-state index in [9.17, 15) is 19.9 Å². The molecule has 0 saturated carbocycles. The Morgan fingerprint density at radius 1 is 1.26 bits per heavy atom. The molecule has 2 aliphatic rings. The normalized spacial score (nSPS) is 31.8. The molecule has 0 amide bonds. The van der Waals surface area contributed by atoms with Crippen LogP contribution in [0.4, 0.5) is 5.82 Å². The highest BCUT2D eigenvalue weighted by molar-refractivity contribution is 7.54. The molecule has 0 spiro atoms. The van der Waals surface area contributed by atoms with Gasteiger partial charge in [-0.3, -0.25) is 9.09 Å². The Bertz CT molecular complexity index is 1360. The summed E-state index contributed by atoms with van der Waals surface area (Å²) >= 11 is 12.1. The van der Waals surface area contributed by atoms with Gasteiger partial charge in [0.1, 0.15) is 35.4 Å². The zero-order valence-corrected chi connectivity index (χ0v) is 20.4. The molecule has 2 aromatic heterocycles. The minimum Gasteiger partial charge on any atom is -0.422 e. The van der Waals surface area contributed by atoms with Gasteiger partial charge in [0.05, 0.1) is 12.9 Å². The number of aliphatic hydroxyl groups excluding tert-OH is 2. The summed E-state index contributed by atoms with van der Waals surface area (Å²) < 4.78 is 31.6. The van der Waals surface area contributed by atoms with Crippen molar-refractivity contribution in [2.75, 3.05) is 12.3 Å². The monoisotopic (exact) mass is 543 g/mol.